The maximum Gasteiger partial charge on any atom is 0.258 e. The van der Waals surface area contributed by atoms with Crippen LogP contribution >= 0.6 is 0 Å². The Hall–Kier alpha value is -2.74. The van der Waals surface area contributed by atoms with Crippen LogP contribution in [-0.2, 0) is 0 Å². The average molecular weight is 337 g/mol. The van der Waals surface area contributed by atoms with Gasteiger partial charge in [-0.05, 0) is 24.3 Å². The minimum Gasteiger partial charge on any atom is -0.368 e. The van der Waals surface area contributed by atoms with Crippen LogP contribution in [0.2, 0.25) is 0 Å². The highest BCUT2D eigenvalue weighted by atomic mass is 16.1. The van der Waals surface area contributed by atoms with E-state index < -0.39 is 0 Å². The first-order valence-corrected chi connectivity index (χ1v) is 8.39. The van der Waals surface area contributed by atoms with Crippen LogP contribution in [0.25, 0.3) is 16.9 Å². The zero-order chi connectivity index (χ0) is 17.2. The first-order valence-electron chi connectivity index (χ1n) is 8.39. The number of piperazine rings is 1. The van der Waals surface area contributed by atoms with Gasteiger partial charge in [0, 0.05) is 56.1 Å². The van der Waals surface area contributed by atoms with Crippen LogP contribution in [0.15, 0.2) is 53.5 Å². The second kappa shape index (κ2) is 6.64. The van der Waals surface area contributed by atoms with Gasteiger partial charge in [-0.3, -0.25) is 9.20 Å². The van der Waals surface area contributed by atoms with Gasteiger partial charge in [-0.1, -0.05) is 0 Å². The molecule has 1 fully saturated rings. The standard InChI is InChI=1S/C18H20N6O/c19-22-14-3-1-13(2-4-14)16-11-18(25)24-12-15(5-6-17(24)21-16)23-9-7-20-8-10-23/h1-6,11-12,20,22H,7-10,19H2/p+1. The van der Waals surface area contributed by atoms with Gasteiger partial charge < -0.3 is 10.2 Å². The Bertz CT molecular complexity index is 944. The molecule has 0 radical (unpaired) electrons. The predicted molar refractivity (Wildman–Crippen MR) is 97.8 cm³/mol. The van der Waals surface area contributed by atoms with Crippen LogP contribution in [0, 0.1) is 0 Å². The van der Waals surface area contributed by atoms with Gasteiger partial charge in [-0.2, -0.15) is 5.84 Å². The van der Waals surface area contributed by atoms with Gasteiger partial charge in [-0.15, -0.1) is 0 Å². The van der Waals surface area contributed by atoms with Gasteiger partial charge in [0.15, 0.2) is 0 Å². The molecule has 7 nitrogen and oxygen atoms in total. The Morgan fingerprint density at radius 1 is 1.08 bits per heavy atom. The smallest absolute Gasteiger partial charge is 0.258 e. The summed E-state index contributed by atoms with van der Waals surface area (Å²) in [5, 5.41) is 3.33. The zero-order valence-corrected chi connectivity index (χ0v) is 13.9. The second-order valence-corrected chi connectivity index (χ2v) is 6.12. The van der Waals surface area contributed by atoms with E-state index in [1.807, 2.05) is 42.6 Å². The third-order valence-corrected chi connectivity index (χ3v) is 4.53. The molecule has 7 heteroatoms. The molecule has 1 saturated heterocycles. The van der Waals surface area contributed by atoms with Crippen LogP contribution in [0.1, 0.15) is 0 Å². The number of hydrogen-bond acceptors (Lipinski definition) is 5. The summed E-state index contributed by atoms with van der Waals surface area (Å²) in [6.07, 6.45) is 1.88. The highest BCUT2D eigenvalue weighted by Crippen LogP contribution is 2.19. The van der Waals surface area contributed by atoms with Crippen molar-refractivity contribution in [3.8, 4) is 11.3 Å². The molecule has 3 heterocycles. The maximum absolute atomic E-state index is 12.6. The molecule has 1 aliphatic rings. The van der Waals surface area contributed by atoms with E-state index in [4.69, 9.17) is 5.84 Å². The Morgan fingerprint density at radius 3 is 2.56 bits per heavy atom. The summed E-state index contributed by atoms with van der Waals surface area (Å²) >= 11 is 0. The highest BCUT2D eigenvalue weighted by Gasteiger charge is 2.12. The molecular weight excluding hydrogens is 316 g/mol. The van der Waals surface area contributed by atoms with Crippen molar-refractivity contribution in [3.05, 3.63) is 59.0 Å². The first-order chi connectivity index (χ1) is 12.2. The van der Waals surface area contributed by atoms with E-state index in [0.717, 1.165) is 43.1 Å². The Balaban J connectivity index is 1.73. The fourth-order valence-corrected chi connectivity index (χ4v) is 3.11. The van der Waals surface area contributed by atoms with Gasteiger partial charge in [0.2, 0.25) is 0 Å². The predicted octanol–water partition coefficient (Wildman–Crippen LogP) is -0.160. The summed E-state index contributed by atoms with van der Waals surface area (Å²) in [5.41, 5.74) is 5.67. The lowest BCUT2D eigenvalue weighted by Crippen LogP contribution is -2.85. The molecule has 1 aromatic carbocycles. The quantitative estimate of drug-likeness (QED) is 0.351. The van der Waals surface area contributed by atoms with Crippen molar-refractivity contribution in [1.82, 2.24) is 14.7 Å². The molecule has 4 rings (SSSR count). The number of nitrogens with zero attached hydrogens (tertiary/aromatic N) is 3. The SMILES string of the molecule is N[NH2+]c1ccc(-c2cc(=O)n3cc(N4CCNCC4)ccc3n2)cc1. The van der Waals surface area contributed by atoms with Crippen molar-refractivity contribution in [2.24, 2.45) is 5.84 Å². The zero-order valence-electron chi connectivity index (χ0n) is 13.9. The minimum atomic E-state index is -0.0774. The number of nitrogens with one attached hydrogen (secondary N) is 1. The molecule has 0 atom stereocenters. The van der Waals surface area contributed by atoms with E-state index in [0.29, 0.717) is 11.3 Å². The number of anilines is 1. The third-order valence-electron chi connectivity index (χ3n) is 4.53. The van der Waals surface area contributed by atoms with Gasteiger partial charge in [0.25, 0.3) is 5.56 Å². The molecule has 128 valence electrons. The van der Waals surface area contributed by atoms with E-state index in [1.165, 1.54) is 0 Å². The van der Waals surface area contributed by atoms with Crippen LogP contribution in [0.3, 0.4) is 0 Å². The van der Waals surface area contributed by atoms with Crippen LogP contribution in [0.5, 0.6) is 0 Å². The highest BCUT2D eigenvalue weighted by molar-refractivity contribution is 5.63. The monoisotopic (exact) mass is 337 g/mol. The molecule has 0 aliphatic carbocycles. The summed E-state index contributed by atoms with van der Waals surface area (Å²) in [5.74, 6) is 5.51. The van der Waals surface area contributed by atoms with Crippen LogP contribution in [-0.4, -0.2) is 35.6 Å². The number of nitrogens with two attached hydrogens (primary N) is 2. The summed E-state index contributed by atoms with van der Waals surface area (Å²) in [7, 11) is 0. The van der Waals surface area contributed by atoms with E-state index in [9.17, 15) is 4.79 Å². The molecule has 3 aromatic rings. The van der Waals surface area contributed by atoms with E-state index in [-0.39, 0.29) is 5.56 Å². The van der Waals surface area contributed by atoms with Gasteiger partial charge >= 0.3 is 0 Å². The number of fused-ring (bicyclic) bond motifs is 1. The molecule has 0 saturated carbocycles. The van der Waals surface area contributed by atoms with Crippen molar-refractivity contribution in [2.75, 3.05) is 31.1 Å². The van der Waals surface area contributed by atoms with Gasteiger partial charge in [0.05, 0.1) is 11.4 Å². The van der Waals surface area contributed by atoms with Gasteiger partial charge in [0.1, 0.15) is 11.3 Å². The summed E-state index contributed by atoms with van der Waals surface area (Å²) in [4.78, 5) is 19.5. The lowest BCUT2D eigenvalue weighted by Gasteiger charge is -2.29. The van der Waals surface area contributed by atoms with E-state index in [1.54, 1.807) is 15.9 Å². The normalized spacial score (nSPS) is 14.8. The van der Waals surface area contributed by atoms with Crippen molar-refractivity contribution in [3.63, 3.8) is 0 Å². The molecule has 2 aromatic heterocycles. The molecule has 25 heavy (non-hydrogen) atoms. The fraction of sp³-hybridized carbons (Fsp3) is 0.222. The minimum absolute atomic E-state index is 0.0774. The molecule has 0 spiro atoms. The topological polar surface area (TPSA) is 92.3 Å². The number of pyridine rings is 1. The van der Waals surface area contributed by atoms with Crippen molar-refractivity contribution < 1.29 is 5.43 Å². The maximum atomic E-state index is 12.6. The summed E-state index contributed by atoms with van der Waals surface area (Å²) < 4.78 is 1.61. The number of hydrogen-bond donors (Lipinski definition) is 3. The molecule has 0 bridgehead atoms. The third kappa shape index (κ3) is 3.12. The first kappa shape index (κ1) is 15.8. The van der Waals surface area contributed by atoms with Crippen LogP contribution < -0.4 is 27.0 Å². The number of aromatic nitrogens is 2. The second-order valence-electron chi connectivity index (χ2n) is 6.12. The average Bonchev–Trinajstić information content (AvgIpc) is 2.68. The number of quaternary nitrogens is 1. The molecule has 5 N–H and O–H groups in total. The molecular formula is C18H21N6O+. The Labute approximate surface area is 145 Å². The fourth-order valence-electron chi connectivity index (χ4n) is 3.11. The van der Waals surface area contributed by atoms with Crippen molar-refractivity contribution in [2.45, 2.75) is 0 Å². The van der Waals surface area contributed by atoms with Crippen molar-refractivity contribution >= 4 is 17.0 Å². The Morgan fingerprint density at radius 2 is 1.84 bits per heavy atom. The lowest BCUT2D eigenvalue weighted by molar-refractivity contribution is -0.584. The van der Waals surface area contributed by atoms with Crippen molar-refractivity contribution in [1.29, 1.82) is 0 Å². The lowest BCUT2D eigenvalue weighted by atomic mass is 10.1. The molecule has 1 aliphatic heterocycles. The summed E-state index contributed by atoms with van der Waals surface area (Å²) in [6.45, 7) is 3.80. The largest absolute Gasteiger partial charge is 0.368 e. The van der Waals surface area contributed by atoms with E-state index in [2.05, 4.69) is 15.2 Å². The molecule has 0 amide bonds. The molecule has 0 unspecified atom stereocenters. The van der Waals surface area contributed by atoms with E-state index >= 15 is 0 Å². The van der Waals surface area contributed by atoms with Gasteiger partial charge in [-0.25, -0.2) is 10.4 Å². The summed E-state index contributed by atoms with van der Waals surface area (Å²) in [6, 6.07) is 13.2. The Kier molecular flexibility index (Phi) is 4.19. The number of benzene rings is 1. The number of rotatable bonds is 3. The van der Waals surface area contributed by atoms with Crippen LogP contribution in [0.4, 0.5) is 11.4 Å².